The molecule has 0 spiro atoms. The minimum absolute atomic E-state index is 0.341. The summed E-state index contributed by atoms with van der Waals surface area (Å²) in [5.41, 5.74) is 1.40. The highest BCUT2D eigenvalue weighted by molar-refractivity contribution is 5.28. The Labute approximate surface area is 145 Å². The molecule has 0 aromatic heterocycles. The van der Waals surface area contributed by atoms with Crippen molar-refractivity contribution in [1.82, 2.24) is 4.90 Å². The van der Waals surface area contributed by atoms with Gasteiger partial charge in [-0.3, -0.25) is 4.90 Å². The molecule has 1 aliphatic rings. The molecule has 1 N–H and O–H groups in total. The van der Waals surface area contributed by atoms with E-state index in [1.54, 1.807) is 7.11 Å². The van der Waals surface area contributed by atoms with E-state index in [0.29, 0.717) is 31.8 Å². The molecule has 1 saturated heterocycles. The van der Waals surface area contributed by atoms with Gasteiger partial charge >= 0.3 is 0 Å². The fraction of sp³-hybridized carbons (Fsp3) is 0.368. The second kappa shape index (κ2) is 7.91. The lowest BCUT2D eigenvalue weighted by Gasteiger charge is -2.34. The number of ether oxygens (including phenoxy) is 2. The number of β-amino-alcohol motifs (C(OH)–C–C–N with tert-alkyl or cyclic N) is 1. The quantitative estimate of drug-likeness (QED) is 0.901. The van der Waals surface area contributed by atoms with Gasteiger partial charge in [0.2, 0.25) is 0 Å². The number of morpholine rings is 1. The standard InChI is InChI=1S/C19H21F2NO3/c1-24-15-5-2-13(3-6-15)18(23)11-22-8-9-25-19(12-22)14-4-7-16(20)17(21)10-14/h2-7,10,18-19,23H,8-9,11-12H2,1H3. The summed E-state index contributed by atoms with van der Waals surface area (Å²) in [6, 6.07) is 11.1. The van der Waals surface area contributed by atoms with E-state index in [2.05, 4.69) is 4.90 Å². The molecule has 134 valence electrons. The lowest BCUT2D eigenvalue weighted by atomic mass is 10.1. The first-order valence-electron chi connectivity index (χ1n) is 8.17. The largest absolute Gasteiger partial charge is 0.497 e. The van der Waals surface area contributed by atoms with Gasteiger partial charge < -0.3 is 14.6 Å². The predicted molar refractivity (Wildman–Crippen MR) is 89.4 cm³/mol. The number of benzene rings is 2. The molecular formula is C19H21F2NO3. The average Bonchev–Trinajstić information content (AvgIpc) is 2.64. The number of aliphatic hydroxyl groups is 1. The number of hydrogen-bond donors (Lipinski definition) is 1. The molecule has 2 atom stereocenters. The minimum Gasteiger partial charge on any atom is -0.497 e. The highest BCUT2D eigenvalue weighted by atomic mass is 19.2. The zero-order chi connectivity index (χ0) is 17.8. The van der Waals surface area contributed by atoms with Crippen LogP contribution < -0.4 is 4.74 Å². The van der Waals surface area contributed by atoms with Crippen molar-refractivity contribution in [2.24, 2.45) is 0 Å². The molecule has 2 aromatic rings. The normalized spacial score (nSPS) is 19.6. The Morgan fingerprint density at radius 2 is 1.96 bits per heavy atom. The van der Waals surface area contributed by atoms with Crippen LogP contribution in [-0.2, 0) is 4.74 Å². The van der Waals surface area contributed by atoms with E-state index in [0.717, 1.165) is 17.4 Å². The van der Waals surface area contributed by atoms with Gasteiger partial charge in [-0.25, -0.2) is 8.78 Å². The molecule has 1 fully saturated rings. The van der Waals surface area contributed by atoms with Gasteiger partial charge in [0, 0.05) is 19.6 Å². The third kappa shape index (κ3) is 4.34. The minimum atomic E-state index is -0.878. The van der Waals surface area contributed by atoms with Crippen LogP contribution in [0.5, 0.6) is 5.75 Å². The van der Waals surface area contributed by atoms with Crippen LogP contribution in [0.4, 0.5) is 8.78 Å². The Balaban J connectivity index is 1.63. The zero-order valence-corrected chi connectivity index (χ0v) is 14.0. The summed E-state index contributed by atoms with van der Waals surface area (Å²) in [5.74, 6) is -1.01. The molecule has 0 aliphatic carbocycles. The molecule has 0 bridgehead atoms. The summed E-state index contributed by atoms with van der Waals surface area (Å²) in [7, 11) is 1.59. The summed E-state index contributed by atoms with van der Waals surface area (Å²) in [6.07, 6.45) is -0.985. The van der Waals surface area contributed by atoms with Crippen LogP contribution in [0.3, 0.4) is 0 Å². The van der Waals surface area contributed by atoms with Crippen molar-refractivity contribution in [3.05, 3.63) is 65.2 Å². The second-order valence-electron chi connectivity index (χ2n) is 6.08. The molecule has 4 nitrogen and oxygen atoms in total. The third-order valence-electron chi connectivity index (χ3n) is 4.40. The van der Waals surface area contributed by atoms with E-state index in [9.17, 15) is 13.9 Å². The van der Waals surface area contributed by atoms with Crippen molar-refractivity contribution in [3.63, 3.8) is 0 Å². The van der Waals surface area contributed by atoms with Crippen LogP contribution in [0, 0.1) is 11.6 Å². The molecule has 0 radical (unpaired) electrons. The molecular weight excluding hydrogens is 328 g/mol. The molecule has 2 unspecified atom stereocenters. The highest BCUT2D eigenvalue weighted by Gasteiger charge is 2.24. The smallest absolute Gasteiger partial charge is 0.159 e. The summed E-state index contributed by atoms with van der Waals surface area (Å²) in [4.78, 5) is 2.06. The number of hydrogen-bond acceptors (Lipinski definition) is 4. The van der Waals surface area contributed by atoms with Crippen LogP contribution in [0.25, 0.3) is 0 Å². The van der Waals surface area contributed by atoms with Crippen LogP contribution in [0.15, 0.2) is 42.5 Å². The Bertz CT molecular complexity index is 708. The molecule has 0 amide bonds. The molecule has 0 saturated carbocycles. The Hall–Kier alpha value is -2.02. The molecule has 2 aromatic carbocycles. The summed E-state index contributed by atoms with van der Waals surface area (Å²) >= 11 is 0. The number of halogens is 2. The number of rotatable bonds is 5. The van der Waals surface area contributed by atoms with Crippen molar-refractivity contribution in [1.29, 1.82) is 0 Å². The van der Waals surface area contributed by atoms with Gasteiger partial charge in [0.1, 0.15) is 5.75 Å². The van der Waals surface area contributed by atoms with Crippen molar-refractivity contribution in [2.45, 2.75) is 12.2 Å². The van der Waals surface area contributed by atoms with Crippen LogP contribution in [0.2, 0.25) is 0 Å². The molecule has 1 aliphatic heterocycles. The van der Waals surface area contributed by atoms with Gasteiger partial charge in [0.15, 0.2) is 11.6 Å². The van der Waals surface area contributed by atoms with E-state index >= 15 is 0 Å². The van der Waals surface area contributed by atoms with Gasteiger partial charge in [-0.15, -0.1) is 0 Å². The number of nitrogens with zero attached hydrogens (tertiary/aromatic N) is 1. The number of methoxy groups -OCH3 is 1. The monoisotopic (exact) mass is 349 g/mol. The van der Waals surface area contributed by atoms with Crippen LogP contribution in [0.1, 0.15) is 23.3 Å². The van der Waals surface area contributed by atoms with E-state index in [1.807, 2.05) is 24.3 Å². The van der Waals surface area contributed by atoms with E-state index in [-0.39, 0.29) is 6.10 Å². The molecule has 3 rings (SSSR count). The molecule has 1 heterocycles. The third-order valence-corrected chi connectivity index (χ3v) is 4.40. The van der Waals surface area contributed by atoms with Crippen molar-refractivity contribution in [2.75, 3.05) is 33.4 Å². The van der Waals surface area contributed by atoms with Crippen molar-refractivity contribution < 1.29 is 23.4 Å². The van der Waals surface area contributed by atoms with Crippen molar-refractivity contribution in [3.8, 4) is 5.75 Å². The molecule has 25 heavy (non-hydrogen) atoms. The lowest BCUT2D eigenvalue weighted by molar-refractivity contribution is -0.0425. The first-order chi connectivity index (χ1) is 12.1. The first-order valence-corrected chi connectivity index (χ1v) is 8.17. The van der Waals surface area contributed by atoms with Crippen LogP contribution in [-0.4, -0.2) is 43.4 Å². The van der Waals surface area contributed by atoms with E-state index in [1.165, 1.54) is 12.1 Å². The lowest BCUT2D eigenvalue weighted by Crippen LogP contribution is -2.40. The maximum absolute atomic E-state index is 13.4. The Morgan fingerprint density at radius 1 is 1.20 bits per heavy atom. The average molecular weight is 349 g/mol. The maximum atomic E-state index is 13.4. The Morgan fingerprint density at radius 3 is 2.64 bits per heavy atom. The molecule has 6 heteroatoms. The fourth-order valence-corrected chi connectivity index (χ4v) is 2.96. The predicted octanol–water partition coefficient (Wildman–Crippen LogP) is 3.08. The van der Waals surface area contributed by atoms with Gasteiger partial charge in [-0.05, 0) is 35.4 Å². The topological polar surface area (TPSA) is 41.9 Å². The second-order valence-corrected chi connectivity index (χ2v) is 6.08. The van der Waals surface area contributed by atoms with Gasteiger partial charge in [0.05, 0.1) is 25.9 Å². The maximum Gasteiger partial charge on any atom is 0.159 e. The SMILES string of the molecule is COc1ccc(C(O)CN2CCOC(c3ccc(F)c(F)c3)C2)cc1. The summed E-state index contributed by atoms with van der Waals surface area (Å²) < 4.78 is 37.3. The first kappa shape index (κ1) is 17.8. The Kier molecular flexibility index (Phi) is 5.63. The van der Waals surface area contributed by atoms with Gasteiger partial charge in [-0.2, -0.15) is 0 Å². The van der Waals surface area contributed by atoms with Crippen molar-refractivity contribution >= 4 is 0 Å². The summed E-state index contributed by atoms with van der Waals surface area (Å²) in [5, 5.41) is 10.4. The highest BCUT2D eigenvalue weighted by Crippen LogP contribution is 2.25. The van der Waals surface area contributed by atoms with Gasteiger partial charge in [-0.1, -0.05) is 18.2 Å². The number of aliphatic hydroxyl groups excluding tert-OH is 1. The van der Waals surface area contributed by atoms with Gasteiger partial charge in [0.25, 0.3) is 0 Å². The summed E-state index contributed by atoms with van der Waals surface area (Å²) in [6.45, 7) is 2.10. The zero-order valence-electron chi connectivity index (χ0n) is 14.0. The fourth-order valence-electron chi connectivity index (χ4n) is 2.96. The van der Waals surface area contributed by atoms with E-state index in [4.69, 9.17) is 9.47 Å². The van der Waals surface area contributed by atoms with Crippen LogP contribution >= 0.6 is 0 Å². The van der Waals surface area contributed by atoms with E-state index < -0.39 is 17.7 Å².